The number of rotatable bonds is 2. The minimum Gasteiger partial charge on any atom is -0.480 e. The summed E-state index contributed by atoms with van der Waals surface area (Å²) in [5.74, 6) is -0.855. The fourth-order valence-electron chi connectivity index (χ4n) is 0.170. The number of carbonyl (C=O) groups is 1. The van der Waals surface area contributed by atoms with Crippen molar-refractivity contribution in [1.82, 2.24) is 0 Å². The molecule has 0 spiro atoms. The molecule has 0 fully saturated rings. The molecule has 0 unspecified atom stereocenters. The fraction of sp³-hybridized carbons (Fsp3) is 0.800. The number of aliphatic carboxylic acids is 1. The maximum Gasteiger partial charge on any atom is 0.321 e. The van der Waals surface area contributed by atoms with Crippen molar-refractivity contribution >= 4 is 37.8 Å². The van der Waals surface area contributed by atoms with Crippen molar-refractivity contribution in [1.29, 1.82) is 0 Å². The third-order valence-electron chi connectivity index (χ3n) is 1.17. The van der Waals surface area contributed by atoms with Gasteiger partial charge in [0.15, 0.2) is 0 Å². The highest BCUT2D eigenvalue weighted by Gasteiger charge is 2.34. The number of halogens is 2. The van der Waals surface area contributed by atoms with Gasteiger partial charge >= 0.3 is 5.97 Å². The standard InChI is InChI=1S/C5H8Br2O2/c1-3(6)5(2,7)4(8)9/h3H,1-2H3,(H,8,9)/t3-,5-/m1/s1. The molecule has 0 radical (unpaired) electrons. The van der Waals surface area contributed by atoms with Crippen LogP contribution in [-0.2, 0) is 4.79 Å². The largest absolute Gasteiger partial charge is 0.480 e. The molecule has 2 nitrogen and oxygen atoms in total. The molecule has 2 atom stereocenters. The maximum absolute atomic E-state index is 10.4. The van der Waals surface area contributed by atoms with E-state index in [2.05, 4.69) is 31.9 Å². The van der Waals surface area contributed by atoms with E-state index in [1.165, 1.54) is 0 Å². The van der Waals surface area contributed by atoms with E-state index >= 15 is 0 Å². The minimum absolute atomic E-state index is 0.0810. The Bertz CT molecular complexity index is 120. The summed E-state index contributed by atoms with van der Waals surface area (Å²) >= 11 is 6.23. The second-order valence-corrected chi connectivity index (χ2v) is 5.02. The Hall–Kier alpha value is 0.430. The van der Waals surface area contributed by atoms with Crippen molar-refractivity contribution in [2.45, 2.75) is 23.0 Å². The van der Waals surface area contributed by atoms with E-state index in [1.807, 2.05) is 0 Å². The molecule has 54 valence electrons. The van der Waals surface area contributed by atoms with Crippen LogP contribution in [0.1, 0.15) is 13.8 Å². The normalized spacial score (nSPS) is 20.4. The Labute approximate surface area is 70.9 Å². The van der Waals surface area contributed by atoms with Crippen LogP contribution in [0.4, 0.5) is 0 Å². The molecule has 0 aromatic heterocycles. The van der Waals surface area contributed by atoms with Crippen LogP contribution in [0.25, 0.3) is 0 Å². The van der Waals surface area contributed by atoms with Crippen LogP contribution in [0, 0.1) is 0 Å². The van der Waals surface area contributed by atoms with E-state index in [9.17, 15) is 4.79 Å². The number of carboxylic acids is 1. The van der Waals surface area contributed by atoms with Crippen LogP contribution >= 0.6 is 31.9 Å². The SMILES string of the molecule is C[C@@H](Br)[C@@](C)(Br)C(=O)O. The number of hydrogen-bond acceptors (Lipinski definition) is 1. The minimum atomic E-state index is -0.855. The highest BCUT2D eigenvalue weighted by molar-refractivity contribution is 9.12. The summed E-state index contributed by atoms with van der Waals surface area (Å²) in [6.45, 7) is 3.39. The number of carboxylic acid groups (broad SMARTS) is 1. The molecule has 0 aromatic carbocycles. The smallest absolute Gasteiger partial charge is 0.321 e. The molecule has 0 aliphatic rings. The van der Waals surface area contributed by atoms with Crippen molar-refractivity contribution in [3.05, 3.63) is 0 Å². The molecule has 0 saturated heterocycles. The molecule has 0 heterocycles. The zero-order valence-electron chi connectivity index (χ0n) is 5.19. The van der Waals surface area contributed by atoms with Gasteiger partial charge in [0.25, 0.3) is 0 Å². The lowest BCUT2D eigenvalue weighted by Gasteiger charge is -2.19. The third-order valence-corrected chi connectivity index (χ3v) is 3.72. The van der Waals surface area contributed by atoms with E-state index in [4.69, 9.17) is 5.11 Å². The Balaban J connectivity index is 4.19. The monoisotopic (exact) mass is 258 g/mol. The van der Waals surface area contributed by atoms with Crippen molar-refractivity contribution in [3.8, 4) is 0 Å². The summed E-state index contributed by atoms with van der Waals surface area (Å²) in [4.78, 5) is 10.3. The Morgan fingerprint density at radius 1 is 1.78 bits per heavy atom. The van der Waals surface area contributed by atoms with E-state index in [1.54, 1.807) is 13.8 Å². The van der Waals surface area contributed by atoms with Gasteiger partial charge in [0.2, 0.25) is 0 Å². The predicted octanol–water partition coefficient (Wildman–Crippen LogP) is 2.01. The second-order valence-electron chi connectivity index (χ2n) is 2.00. The molecular weight excluding hydrogens is 252 g/mol. The zero-order valence-corrected chi connectivity index (χ0v) is 8.36. The maximum atomic E-state index is 10.4. The summed E-state index contributed by atoms with van der Waals surface area (Å²) in [7, 11) is 0. The zero-order chi connectivity index (χ0) is 7.65. The van der Waals surface area contributed by atoms with Gasteiger partial charge < -0.3 is 5.11 Å². The quantitative estimate of drug-likeness (QED) is 0.771. The fourth-order valence-corrected chi connectivity index (χ4v) is 0.366. The van der Waals surface area contributed by atoms with E-state index in [0.717, 1.165) is 0 Å². The van der Waals surface area contributed by atoms with Crippen LogP contribution < -0.4 is 0 Å². The van der Waals surface area contributed by atoms with Crippen LogP contribution in [0.5, 0.6) is 0 Å². The number of alkyl halides is 2. The number of hydrogen-bond donors (Lipinski definition) is 1. The molecule has 0 aliphatic carbocycles. The molecule has 0 amide bonds. The van der Waals surface area contributed by atoms with Gasteiger partial charge in [0.1, 0.15) is 4.32 Å². The Morgan fingerprint density at radius 3 is 2.11 bits per heavy atom. The van der Waals surface area contributed by atoms with Crippen LogP contribution in [0.15, 0.2) is 0 Å². The summed E-state index contributed by atoms with van der Waals surface area (Å²) in [6.07, 6.45) is 0. The molecule has 0 saturated carbocycles. The van der Waals surface area contributed by atoms with Gasteiger partial charge in [-0.1, -0.05) is 38.8 Å². The summed E-state index contributed by atoms with van der Waals surface area (Å²) in [6, 6.07) is 0. The first kappa shape index (κ1) is 9.43. The van der Waals surface area contributed by atoms with Gasteiger partial charge in [-0.25, -0.2) is 0 Å². The van der Waals surface area contributed by atoms with Gasteiger partial charge in [0.05, 0.1) is 0 Å². The van der Waals surface area contributed by atoms with Gasteiger partial charge in [-0.15, -0.1) is 0 Å². The van der Waals surface area contributed by atoms with Crippen LogP contribution in [0.3, 0.4) is 0 Å². The van der Waals surface area contributed by atoms with Gasteiger partial charge in [-0.05, 0) is 6.92 Å². The molecule has 4 heteroatoms. The lowest BCUT2D eigenvalue weighted by atomic mass is 10.1. The highest BCUT2D eigenvalue weighted by Crippen LogP contribution is 2.27. The molecule has 0 aliphatic heterocycles. The van der Waals surface area contributed by atoms with Gasteiger partial charge in [-0.2, -0.15) is 0 Å². The Kier molecular flexibility index (Phi) is 3.16. The topological polar surface area (TPSA) is 37.3 Å². The second kappa shape index (κ2) is 3.01. The van der Waals surface area contributed by atoms with Crippen molar-refractivity contribution in [2.75, 3.05) is 0 Å². The van der Waals surface area contributed by atoms with Crippen LogP contribution in [-0.4, -0.2) is 20.2 Å². The van der Waals surface area contributed by atoms with Crippen molar-refractivity contribution < 1.29 is 9.90 Å². The van der Waals surface area contributed by atoms with E-state index in [-0.39, 0.29) is 4.83 Å². The summed E-state index contributed by atoms with van der Waals surface area (Å²) in [5.41, 5.74) is 0. The van der Waals surface area contributed by atoms with Crippen LogP contribution in [0.2, 0.25) is 0 Å². The first-order chi connectivity index (χ1) is 3.89. The molecular formula is C5H8Br2O2. The van der Waals surface area contributed by atoms with Crippen molar-refractivity contribution in [3.63, 3.8) is 0 Å². The molecule has 9 heavy (non-hydrogen) atoms. The van der Waals surface area contributed by atoms with Gasteiger partial charge in [-0.3, -0.25) is 4.79 Å². The predicted molar refractivity (Wildman–Crippen MR) is 43.4 cm³/mol. The average molecular weight is 260 g/mol. The first-order valence-electron chi connectivity index (χ1n) is 2.45. The molecule has 0 bridgehead atoms. The Morgan fingerprint density at radius 2 is 2.11 bits per heavy atom. The molecule has 0 rings (SSSR count). The van der Waals surface area contributed by atoms with E-state index in [0.29, 0.717) is 0 Å². The van der Waals surface area contributed by atoms with Crippen molar-refractivity contribution in [2.24, 2.45) is 0 Å². The average Bonchev–Trinajstić information content (AvgIpc) is 1.65. The highest BCUT2D eigenvalue weighted by atomic mass is 79.9. The summed E-state index contributed by atoms with van der Waals surface area (Å²) < 4.78 is -0.854. The third kappa shape index (κ3) is 2.26. The lowest BCUT2D eigenvalue weighted by molar-refractivity contribution is -0.139. The molecule has 0 aromatic rings. The lowest BCUT2D eigenvalue weighted by Crippen LogP contribution is -2.35. The first-order valence-corrected chi connectivity index (χ1v) is 4.16. The summed E-state index contributed by atoms with van der Waals surface area (Å²) in [5, 5.41) is 8.53. The molecule has 1 N–H and O–H groups in total. The van der Waals surface area contributed by atoms with Gasteiger partial charge in [0, 0.05) is 4.83 Å². The van der Waals surface area contributed by atoms with E-state index < -0.39 is 10.3 Å².